The maximum atomic E-state index is 11.1. The van der Waals surface area contributed by atoms with Gasteiger partial charge in [0.2, 0.25) is 0 Å². The lowest BCUT2D eigenvalue weighted by Crippen LogP contribution is -2.40. The quantitative estimate of drug-likeness (QED) is 0.540. The van der Waals surface area contributed by atoms with Crippen molar-refractivity contribution in [2.75, 3.05) is 13.1 Å². The Hall–Kier alpha value is -2.57. The van der Waals surface area contributed by atoms with Crippen molar-refractivity contribution in [1.29, 1.82) is 0 Å². The number of H-pyrrole nitrogens is 1. The number of hydrogen-bond donors (Lipinski definition) is 4. The number of aromatic nitrogens is 1. The Labute approximate surface area is 141 Å². The highest BCUT2D eigenvalue weighted by atomic mass is 19.4. The fourth-order valence-electron chi connectivity index (χ4n) is 1.44. The molecule has 7 nitrogen and oxygen atoms in total. The molecule has 0 bridgehead atoms. The molecule has 0 radical (unpaired) electrons. The Morgan fingerprint density at radius 2 is 1.38 bits per heavy atom. The van der Waals surface area contributed by atoms with Crippen molar-refractivity contribution >= 4 is 11.9 Å². The molecule has 0 aliphatic carbocycles. The van der Waals surface area contributed by atoms with E-state index < -0.39 is 24.3 Å². The molecule has 2 rings (SSSR count). The van der Waals surface area contributed by atoms with Crippen LogP contribution in [0, 0.1) is 6.92 Å². The molecule has 2 heterocycles. The molecule has 0 atom stereocenters. The Morgan fingerprint density at radius 1 is 1.00 bits per heavy atom. The third-order valence-electron chi connectivity index (χ3n) is 2.70. The van der Waals surface area contributed by atoms with Crippen LogP contribution in [0.3, 0.4) is 0 Å². The minimum atomic E-state index is -5.08. The second kappa shape index (κ2) is 9.22. The minimum absolute atomic E-state index is 0.105. The summed E-state index contributed by atoms with van der Waals surface area (Å²) in [6.45, 7) is 3.88. The van der Waals surface area contributed by atoms with Crippen molar-refractivity contribution in [2.45, 2.75) is 25.2 Å². The first-order valence-corrected chi connectivity index (χ1v) is 6.66. The van der Waals surface area contributed by atoms with E-state index in [0.717, 1.165) is 24.5 Å². The second-order valence-corrected chi connectivity index (χ2v) is 4.92. The summed E-state index contributed by atoms with van der Waals surface area (Å²) in [6.07, 6.45) is -10.2. The number of alkyl halides is 6. The van der Waals surface area contributed by atoms with Gasteiger partial charge in [0.25, 0.3) is 0 Å². The van der Waals surface area contributed by atoms with Gasteiger partial charge in [0.15, 0.2) is 5.43 Å². The van der Waals surface area contributed by atoms with E-state index in [0.29, 0.717) is 5.92 Å². The van der Waals surface area contributed by atoms with Gasteiger partial charge < -0.3 is 20.5 Å². The summed E-state index contributed by atoms with van der Waals surface area (Å²) in [5.41, 5.74) is 2.12. The van der Waals surface area contributed by atoms with Crippen LogP contribution < -0.4 is 10.7 Å². The molecule has 1 aliphatic rings. The number of halogens is 6. The summed E-state index contributed by atoms with van der Waals surface area (Å²) in [5.74, 6) is -5.00. The second-order valence-electron chi connectivity index (χ2n) is 4.92. The van der Waals surface area contributed by atoms with E-state index in [9.17, 15) is 31.1 Å². The number of hydrogen-bond acceptors (Lipinski definition) is 4. The number of aliphatic carboxylic acids is 2. The summed E-state index contributed by atoms with van der Waals surface area (Å²) in [7, 11) is 0. The van der Waals surface area contributed by atoms with Gasteiger partial charge in [-0.25, -0.2) is 9.59 Å². The van der Waals surface area contributed by atoms with E-state index in [-0.39, 0.29) is 5.43 Å². The Kier molecular flexibility index (Phi) is 8.31. The summed E-state index contributed by atoms with van der Waals surface area (Å²) in [5, 5.41) is 17.4. The third kappa shape index (κ3) is 9.05. The molecule has 1 saturated heterocycles. The standard InChI is InChI=1S/C9H12N2O.2C2HF3O2/c1-6-2-8(12)3-9(11-6)7-4-10-5-7;2*3-2(4,5)1(6)7/h2-3,7,10H,4-5H2,1H3,(H,11,12);2*(H,6,7). The highest BCUT2D eigenvalue weighted by Crippen LogP contribution is 2.16. The zero-order valence-corrected chi connectivity index (χ0v) is 13.0. The number of carbonyl (C=O) groups is 2. The lowest BCUT2D eigenvalue weighted by atomic mass is 9.98. The Balaban J connectivity index is 0.000000390. The highest BCUT2D eigenvalue weighted by molar-refractivity contribution is 5.73. The SMILES string of the molecule is Cc1cc(=O)cc(C2CNC2)[nH]1.O=C(O)C(F)(F)F.O=C(O)C(F)(F)F. The van der Waals surface area contributed by atoms with Gasteiger partial charge in [0.05, 0.1) is 0 Å². The Morgan fingerprint density at radius 3 is 1.62 bits per heavy atom. The van der Waals surface area contributed by atoms with Crippen molar-refractivity contribution in [3.63, 3.8) is 0 Å². The van der Waals surface area contributed by atoms with Crippen LogP contribution in [0.2, 0.25) is 0 Å². The molecule has 26 heavy (non-hydrogen) atoms. The van der Waals surface area contributed by atoms with Gasteiger partial charge in [0, 0.05) is 42.5 Å². The number of aromatic amines is 1. The maximum Gasteiger partial charge on any atom is 0.490 e. The highest BCUT2D eigenvalue weighted by Gasteiger charge is 2.38. The first kappa shape index (κ1) is 23.4. The van der Waals surface area contributed by atoms with Gasteiger partial charge in [-0.15, -0.1) is 0 Å². The molecular weight excluding hydrogens is 378 g/mol. The van der Waals surface area contributed by atoms with Crippen LogP contribution in [0.1, 0.15) is 17.3 Å². The van der Waals surface area contributed by atoms with Gasteiger partial charge in [-0.05, 0) is 6.92 Å². The molecule has 148 valence electrons. The van der Waals surface area contributed by atoms with Crippen LogP contribution >= 0.6 is 0 Å². The summed E-state index contributed by atoms with van der Waals surface area (Å²) in [4.78, 5) is 32.1. The van der Waals surface area contributed by atoms with Gasteiger partial charge in [-0.2, -0.15) is 26.3 Å². The lowest BCUT2D eigenvalue weighted by Gasteiger charge is -2.27. The van der Waals surface area contributed by atoms with E-state index in [2.05, 4.69) is 10.3 Å². The number of aryl methyl sites for hydroxylation is 1. The normalized spacial score (nSPS) is 14.1. The molecule has 1 fully saturated rings. The monoisotopic (exact) mass is 392 g/mol. The topological polar surface area (TPSA) is 119 Å². The molecule has 1 aliphatic heterocycles. The molecule has 0 amide bonds. The van der Waals surface area contributed by atoms with Crippen LogP contribution in [0.4, 0.5) is 26.3 Å². The summed E-state index contributed by atoms with van der Waals surface area (Å²) < 4.78 is 63.5. The van der Waals surface area contributed by atoms with Crippen LogP contribution in [-0.4, -0.2) is 52.6 Å². The molecule has 0 spiro atoms. The smallest absolute Gasteiger partial charge is 0.475 e. The molecule has 4 N–H and O–H groups in total. The molecule has 0 unspecified atom stereocenters. The van der Waals surface area contributed by atoms with Crippen molar-refractivity contribution in [3.8, 4) is 0 Å². The molecule has 1 aromatic rings. The number of rotatable bonds is 1. The van der Waals surface area contributed by atoms with Crippen LogP contribution in [0.5, 0.6) is 0 Å². The van der Waals surface area contributed by atoms with E-state index in [4.69, 9.17) is 19.8 Å². The number of carboxylic acid groups (broad SMARTS) is 2. The van der Waals surface area contributed by atoms with Gasteiger partial charge in [0.1, 0.15) is 0 Å². The molecule has 13 heteroatoms. The third-order valence-corrected chi connectivity index (χ3v) is 2.70. The van der Waals surface area contributed by atoms with Crippen molar-refractivity contribution in [2.24, 2.45) is 0 Å². The van der Waals surface area contributed by atoms with Crippen LogP contribution in [-0.2, 0) is 9.59 Å². The average molecular weight is 392 g/mol. The number of nitrogens with one attached hydrogen (secondary N) is 2. The summed E-state index contributed by atoms with van der Waals surface area (Å²) >= 11 is 0. The van der Waals surface area contributed by atoms with E-state index >= 15 is 0 Å². The Bertz CT molecular complexity index is 655. The predicted octanol–water partition coefficient (Wildman–Crippen LogP) is 1.64. The van der Waals surface area contributed by atoms with E-state index in [1.807, 2.05) is 6.92 Å². The van der Waals surface area contributed by atoms with Crippen molar-refractivity contribution in [1.82, 2.24) is 10.3 Å². The van der Waals surface area contributed by atoms with E-state index in [1.165, 1.54) is 0 Å². The fourth-order valence-corrected chi connectivity index (χ4v) is 1.44. The summed E-state index contributed by atoms with van der Waals surface area (Å²) in [6, 6.07) is 3.31. The predicted molar refractivity (Wildman–Crippen MR) is 74.8 cm³/mol. The van der Waals surface area contributed by atoms with Crippen LogP contribution in [0.25, 0.3) is 0 Å². The molecular formula is C13H14F6N2O5. The van der Waals surface area contributed by atoms with E-state index in [1.54, 1.807) is 12.1 Å². The maximum absolute atomic E-state index is 11.1. The van der Waals surface area contributed by atoms with Crippen molar-refractivity contribution in [3.05, 3.63) is 33.7 Å². The first-order chi connectivity index (χ1) is 11.6. The molecule has 1 aromatic heterocycles. The minimum Gasteiger partial charge on any atom is -0.475 e. The molecule has 0 saturated carbocycles. The first-order valence-electron chi connectivity index (χ1n) is 6.66. The molecule has 0 aromatic carbocycles. The fraction of sp³-hybridized carbons (Fsp3) is 0.462. The van der Waals surface area contributed by atoms with Gasteiger partial charge >= 0.3 is 24.3 Å². The van der Waals surface area contributed by atoms with Gasteiger partial charge in [-0.3, -0.25) is 4.79 Å². The lowest BCUT2D eigenvalue weighted by molar-refractivity contribution is -0.193. The van der Waals surface area contributed by atoms with Gasteiger partial charge in [-0.1, -0.05) is 0 Å². The zero-order valence-electron chi connectivity index (χ0n) is 13.0. The average Bonchev–Trinajstić information content (AvgIpc) is 2.34. The number of carboxylic acids is 2. The van der Waals surface area contributed by atoms with Crippen molar-refractivity contribution < 1.29 is 46.1 Å². The van der Waals surface area contributed by atoms with Crippen LogP contribution in [0.15, 0.2) is 16.9 Å². The number of pyridine rings is 1. The zero-order chi connectivity index (χ0) is 20.7. The largest absolute Gasteiger partial charge is 0.490 e.